The van der Waals surface area contributed by atoms with Crippen molar-refractivity contribution in [3.63, 3.8) is 0 Å². The number of fused-ring (bicyclic) bond motifs is 1. The standard InChI is InChI=1S/C16H26N2/c1-12(2)10-15-14-9-7-5-4-6-8-13(14)11-16(17-3)18-15/h11-12H,4-10H2,1-3H3,(H,17,18). The van der Waals surface area contributed by atoms with Crippen molar-refractivity contribution in [3.8, 4) is 0 Å². The summed E-state index contributed by atoms with van der Waals surface area (Å²) >= 11 is 0. The van der Waals surface area contributed by atoms with Crippen molar-refractivity contribution in [2.45, 2.75) is 58.8 Å². The van der Waals surface area contributed by atoms with Crippen LogP contribution >= 0.6 is 0 Å². The van der Waals surface area contributed by atoms with Crippen molar-refractivity contribution in [3.05, 3.63) is 22.9 Å². The van der Waals surface area contributed by atoms with E-state index in [1.807, 2.05) is 7.05 Å². The van der Waals surface area contributed by atoms with E-state index >= 15 is 0 Å². The second-order valence-electron chi connectivity index (χ2n) is 5.85. The minimum absolute atomic E-state index is 0.680. The summed E-state index contributed by atoms with van der Waals surface area (Å²) in [6, 6.07) is 2.27. The lowest BCUT2D eigenvalue weighted by atomic mass is 9.90. The van der Waals surface area contributed by atoms with Gasteiger partial charge in [0.2, 0.25) is 0 Å². The summed E-state index contributed by atoms with van der Waals surface area (Å²) in [5, 5.41) is 3.22. The Bertz CT molecular complexity index is 396. The first-order valence-corrected chi connectivity index (χ1v) is 7.40. The first-order chi connectivity index (χ1) is 8.70. The van der Waals surface area contributed by atoms with E-state index in [1.54, 1.807) is 11.1 Å². The Morgan fingerprint density at radius 2 is 1.89 bits per heavy atom. The van der Waals surface area contributed by atoms with Crippen LogP contribution in [0.3, 0.4) is 0 Å². The van der Waals surface area contributed by atoms with Crippen molar-refractivity contribution in [1.82, 2.24) is 4.98 Å². The monoisotopic (exact) mass is 246 g/mol. The van der Waals surface area contributed by atoms with Crippen LogP contribution in [0.2, 0.25) is 0 Å². The minimum Gasteiger partial charge on any atom is -0.373 e. The Labute approximate surface area is 111 Å². The summed E-state index contributed by atoms with van der Waals surface area (Å²) in [6.45, 7) is 4.56. The third-order valence-electron chi connectivity index (χ3n) is 3.78. The van der Waals surface area contributed by atoms with Gasteiger partial charge in [0.25, 0.3) is 0 Å². The van der Waals surface area contributed by atoms with E-state index in [-0.39, 0.29) is 0 Å². The van der Waals surface area contributed by atoms with Gasteiger partial charge in [0.15, 0.2) is 0 Å². The van der Waals surface area contributed by atoms with Gasteiger partial charge in [0, 0.05) is 12.7 Å². The van der Waals surface area contributed by atoms with E-state index in [4.69, 9.17) is 4.98 Å². The lowest BCUT2D eigenvalue weighted by molar-refractivity contribution is 0.594. The predicted octanol–water partition coefficient (Wildman–Crippen LogP) is 3.98. The Morgan fingerprint density at radius 3 is 2.56 bits per heavy atom. The molecule has 0 radical (unpaired) electrons. The maximum atomic E-state index is 4.81. The highest BCUT2D eigenvalue weighted by atomic mass is 15.0. The molecule has 1 aliphatic rings. The van der Waals surface area contributed by atoms with E-state index in [1.165, 1.54) is 44.2 Å². The molecule has 0 amide bonds. The quantitative estimate of drug-likeness (QED) is 0.872. The maximum absolute atomic E-state index is 4.81. The van der Waals surface area contributed by atoms with E-state index < -0.39 is 0 Å². The molecule has 0 saturated carbocycles. The topological polar surface area (TPSA) is 24.9 Å². The molecule has 2 heteroatoms. The normalized spacial score (nSPS) is 16.0. The molecule has 1 heterocycles. The summed E-state index contributed by atoms with van der Waals surface area (Å²) in [6.07, 6.45) is 9.01. The number of nitrogens with zero attached hydrogens (tertiary/aromatic N) is 1. The summed E-state index contributed by atoms with van der Waals surface area (Å²) in [4.78, 5) is 4.81. The number of hydrogen-bond acceptors (Lipinski definition) is 2. The summed E-state index contributed by atoms with van der Waals surface area (Å²) in [7, 11) is 1.97. The van der Waals surface area contributed by atoms with Crippen LogP contribution < -0.4 is 5.32 Å². The molecule has 0 aliphatic heterocycles. The van der Waals surface area contributed by atoms with Crippen molar-refractivity contribution < 1.29 is 0 Å². The van der Waals surface area contributed by atoms with Gasteiger partial charge in [-0.25, -0.2) is 4.98 Å². The zero-order valence-corrected chi connectivity index (χ0v) is 12.1. The molecule has 1 aromatic rings. The average Bonchev–Trinajstić information content (AvgIpc) is 2.29. The Kier molecular flexibility index (Phi) is 4.62. The number of nitrogens with one attached hydrogen (secondary N) is 1. The third kappa shape index (κ3) is 3.24. The molecule has 0 unspecified atom stereocenters. The number of rotatable bonds is 3. The highest BCUT2D eigenvalue weighted by Gasteiger charge is 2.15. The first kappa shape index (κ1) is 13.4. The zero-order chi connectivity index (χ0) is 13.0. The van der Waals surface area contributed by atoms with Gasteiger partial charge in [-0.15, -0.1) is 0 Å². The van der Waals surface area contributed by atoms with Crippen LogP contribution in [0.1, 0.15) is 56.4 Å². The van der Waals surface area contributed by atoms with Crippen LogP contribution in [-0.4, -0.2) is 12.0 Å². The van der Waals surface area contributed by atoms with Gasteiger partial charge >= 0.3 is 0 Å². The van der Waals surface area contributed by atoms with E-state index in [9.17, 15) is 0 Å². The van der Waals surface area contributed by atoms with Crippen molar-refractivity contribution >= 4 is 5.82 Å². The van der Waals surface area contributed by atoms with Gasteiger partial charge in [0.05, 0.1) is 0 Å². The van der Waals surface area contributed by atoms with E-state index in [2.05, 4.69) is 25.2 Å². The van der Waals surface area contributed by atoms with Gasteiger partial charge in [-0.3, -0.25) is 0 Å². The largest absolute Gasteiger partial charge is 0.373 e. The van der Waals surface area contributed by atoms with Crippen molar-refractivity contribution in [2.75, 3.05) is 12.4 Å². The van der Waals surface area contributed by atoms with Crippen LogP contribution in [0, 0.1) is 5.92 Å². The van der Waals surface area contributed by atoms with Gasteiger partial charge in [-0.2, -0.15) is 0 Å². The number of aryl methyl sites for hydroxylation is 1. The molecule has 1 N–H and O–H groups in total. The molecule has 0 spiro atoms. The third-order valence-corrected chi connectivity index (χ3v) is 3.78. The fourth-order valence-electron chi connectivity index (χ4n) is 2.86. The summed E-state index contributed by atoms with van der Waals surface area (Å²) in [5.74, 6) is 1.73. The number of aromatic nitrogens is 1. The molecular weight excluding hydrogens is 220 g/mol. The van der Waals surface area contributed by atoms with Gasteiger partial charge in [-0.1, -0.05) is 26.7 Å². The highest BCUT2D eigenvalue weighted by molar-refractivity contribution is 5.44. The molecule has 18 heavy (non-hydrogen) atoms. The lowest BCUT2D eigenvalue weighted by Gasteiger charge is -2.19. The first-order valence-electron chi connectivity index (χ1n) is 7.40. The minimum atomic E-state index is 0.680. The summed E-state index contributed by atoms with van der Waals surface area (Å²) in [5.41, 5.74) is 4.45. The molecule has 100 valence electrons. The number of anilines is 1. The fourth-order valence-corrected chi connectivity index (χ4v) is 2.86. The molecule has 2 rings (SSSR count). The number of pyridine rings is 1. The molecule has 0 bridgehead atoms. The second kappa shape index (κ2) is 6.21. The number of hydrogen-bond donors (Lipinski definition) is 1. The van der Waals surface area contributed by atoms with Crippen LogP contribution in [0.15, 0.2) is 6.07 Å². The maximum Gasteiger partial charge on any atom is 0.126 e. The van der Waals surface area contributed by atoms with Gasteiger partial charge in [0.1, 0.15) is 5.82 Å². The van der Waals surface area contributed by atoms with Crippen LogP contribution in [0.4, 0.5) is 5.82 Å². The Hall–Kier alpha value is -1.05. The molecule has 1 aromatic heterocycles. The van der Waals surface area contributed by atoms with E-state index in [0.717, 1.165) is 12.2 Å². The average molecular weight is 246 g/mol. The Balaban J connectivity index is 2.38. The molecular formula is C16H26N2. The predicted molar refractivity (Wildman–Crippen MR) is 78.2 cm³/mol. The molecule has 0 saturated heterocycles. The fraction of sp³-hybridized carbons (Fsp3) is 0.688. The highest BCUT2D eigenvalue weighted by Crippen LogP contribution is 2.26. The van der Waals surface area contributed by atoms with Crippen LogP contribution in [-0.2, 0) is 19.3 Å². The van der Waals surface area contributed by atoms with Crippen molar-refractivity contribution in [1.29, 1.82) is 0 Å². The summed E-state index contributed by atoms with van der Waals surface area (Å²) < 4.78 is 0. The van der Waals surface area contributed by atoms with Crippen molar-refractivity contribution in [2.24, 2.45) is 5.92 Å². The molecule has 1 aliphatic carbocycles. The van der Waals surface area contributed by atoms with Crippen LogP contribution in [0.5, 0.6) is 0 Å². The van der Waals surface area contributed by atoms with Crippen LogP contribution in [0.25, 0.3) is 0 Å². The van der Waals surface area contributed by atoms with Gasteiger partial charge < -0.3 is 5.32 Å². The molecule has 0 fully saturated rings. The Morgan fingerprint density at radius 1 is 1.17 bits per heavy atom. The van der Waals surface area contributed by atoms with Gasteiger partial charge in [-0.05, 0) is 55.2 Å². The lowest BCUT2D eigenvalue weighted by Crippen LogP contribution is -2.10. The molecule has 2 nitrogen and oxygen atoms in total. The second-order valence-corrected chi connectivity index (χ2v) is 5.85. The smallest absolute Gasteiger partial charge is 0.126 e. The van der Waals surface area contributed by atoms with E-state index in [0.29, 0.717) is 5.92 Å². The zero-order valence-electron chi connectivity index (χ0n) is 12.1. The molecule has 0 aromatic carbocycles. The SMILES string of the molecule is CNc1cc2c(c(CC(C)C)n1)CCCCCC2. The molecule has 0 atom stereocenters.